The van der Waals surface area contributed by atoms with E-state index in [1.54, 1.807) is 14.2 Å². The largest absolute Gasteiger partial charge is 0.375 e. The third kappa shape index (κ3) is 3.85. The summed E-state index contributed by atoms with van der Waals surface area (Å²) in [5.74, 6) is 2.48. The van der Waals surface area contributed by atoms with E-state index in [0.29, 0.717) is 13.2 Å². The molecule has 0 bridgehead atoms. The Kier molecular flexibility index (Phi) is 5.41. The standard InChI is InChI=1S/C18H24O3/c1-4-17(10-12-18(19-2,20-3)13-11-17)15-21-14-16-8-6-5-7-9-16/h1,5-9H,10-15H2,2-3H3. The lowest BCUT2D eigenvalue weighted by molar-refractivity contribution is -0.233. The van der Waals surface area contributed by atoms with Crippen LogP contribution in [0.15, 0.2) is 30.3 Å². The molecule has 2 rings (SSSR count). The Bertz CT molecular complexity index is 461. The Balaban J connectivity index is 1.88. The van der Waals surface area contributed by atoms with Crippen LogP contribution in [0, 0.1) is 17.8 Å². The quantitative estimate of drug-likeness (QED) is 0.593. The molecule has 0 aromatic heterocycles. The summed E-state index contributed by atoms with van der Waals surface area (Å²) in [6.07, 6.45) is 9.11. The molecule has 3 nitrogen and oxygen atoms in total. The second kappa shape index (κ2) is 7.09. The van der Waals surface area contributed by atoms with E-state index in [9.17, 15) is 0 Å². The third-order valence-electron chi connectivity index (χ3n) is 4.51. The van der Waals surface area contributed by atoms with Gasteiger partial charge in [0.15, 0.2) is 5.79 Å². The average Bonchev–Trinajstić information content (AvgIpc) is 2.57. The van der Waals surface area contributed by atoms with E-state index in [0.717, 1.165) is 25.7 Å². The Hall–Kier alpha value is -1.34. The fourth-order valence-corrected chi connectivity index (χ4v) is 2.87. The molecular formula is C18H24O3. The topological polar surface area (TPSA) is 27.7 Å². The molecule has 0 amide bonds. The molecule has 114 valence electrons. The molecule has 1 aliphatic carbocycles. The van der Waals surface area contributed by atoms with Crippen LogP contribution in [-0.2, 0) is 20.8 Å². The van der Waals surface area contributed by atoms with Crippen molar-refractivity contribution in [2.75, 3.05) is 20.8 Å². The summed E-state index contributed by atoms with van der Waals surface area (Å²) in [5.41, 5.74) is 0.971. The highest BCUT2D eigenvalue weighted by Crippen LogP contribution is 2.42. The second-order valence-electron chi connectivity index (χ2n) is 5.72. The number of hydrogen-bond donors (Lipinski definition) is 0. The first-order chi connectivity index (χ1) is 10.2. The van der Waals surface area contributed by atoms with Crippen LogP contribution in [0.25, 0.3) is 0 Å². The molecule has 1 aromatic rings. The second-order valence-corrected chi connectivity index (χ2v) is 5.72. The van der Waals surface area contributed by atoms with Gasteiger partial charge >= 0.3 is 0 Å². The van der Waals surface area contributed by atoms with Gasteiger partial charge in [0.05, 0.1) is 18.6 Å². The number of rotatable bonds is 6. The number of ether oxygens (including phenoxy) is 3. The maximum atomic E-state index is 5.86. The Labute approximate surface area is 127 Å². The molecule has 1 saturated carbocycles. The van der Waals surface area contributed by atoms with Gasteiger partial charge in [-0.05, 0) is 18.4 Å². The Morgan fingerprint density at radius 3 is 2.19 bits per heavy atom. The van der Waals surface area contributed by atoms with Gasteiger partial charge in [-0.2, -0.15) is 0 Å². The van der Waals surface area contributed by atoms with Crippen LogP contribution in [0.3, 0.4) is 0 Å². The van der Waals surface area contributed by atoms with E-state index in [4.69, 9.17) is 20.6 Å². The van der Waals surface area contributed by atoms with Gasteiger partial charge < -0.3 is 14.2 Å². The zero-order chi connectivity index (χ0) is 15.2. The van der Waals surface area contributed by atoms with Gasteiger partial charge in [-0.3, -0.25) is 0 Å². The summed E-state index contributed by atoms with van der Waals surface area (Å²) in [6.45, 7) is 1.19. The van der Waals surface area contributed by atoms with Crippen molar-refractivity contribution in [1.82, 2.24) is 0 Å². The van der Waals surface area contributed by atoms with E-state index >= 15 is 0 Å². The van der Waals surface area contributed by atoms with Crippen LogP contribution < -0.4 is 0 Å². The SMILES string of the molecule is C#CC1(COCc2ccccc2)CCC(OC)(OC)CC1. The van der Waals surface area contributed by atoms with Crippen LogP contribution in [0.1, 0.15) is 31.2 Å². The lowest BCUT2D eigenvalue weighted by Crippen LogP contribution is -2.43. The van der Waals surface area contributed by atoms with Crippen molar-refractivity contribution in [3.05, 3.63) is 35.9 Å². The summed E-state index contributed by atoms with van der Waals surface area (Å²) >= 11 is 0. The van der Waals surface area contributed by atoms with Crippen molar-refractivity contribution in [3.8, 4) is 12.3 Å². The molecule has 1 aliphatic rings. The van der Waals surface area contributed by atoms with E-state index in [1.165, 1.54) is 5.56 Å². The molecule has 0 radical (unpaired) electrons. The first-order valence-corrected chi connectivity index (χ1v) is 7.37. The summed E-state index contributed by atoms with van der Waals surface area (Å²) < 4.78 is 16.9. The molecule has 21 heavy (non-hydrogen) atoms. The highest BCUT2D eigenvalue weighted by atomic mass is 16.7. The van der Waals surface area contributed by atoms with Crippen LogP contribution in [0.2, 0.25) is 0 Å². The maximum absolute atomic E-state index is 5.86. The van der Waals surface area contributed by atoms with E-state index < -0.39 is 5.79 Å². The molecule has 0 atom stereocenters. The summed E-state index contributed by atoms with van der Waals surface area (Å²) in [4.78, 5) is 0. The predicted molar refractivity (Wildman–Crippen MR) is 82.6 cm³/mol. The minimum absolute atomic E-state index is 0.199. The smallest absolute Gasteiger partial charge is 0.167 e. The lowest BCUT2D eigenvalue weighted by atomic mass is 9.73. The molecule has 0 aliphatic heterocycles. The van der Waals surface area contributed by atoms with E-state index in [-0.39, 0.29) is 5.41 Å². The van der Waals surface area contributed by atoms with Gasteiger partial charge in [0.2, 0.25) is 0 Å². The molecule has 0 N–H and O–H groups in total. The highest BCUT2D eigenvalue weighted by molar-refractivity contribution is 5.14. The molecule has 0 spiro atoms. The van der Waals surface area contributed by atoms with Crippen molar-refractivity contribution < 1.29 is 14.2 Å². The van der Waals surface area contributed by atoms with Crippen LogP contribution in [0.5, 0.6) is 0 Å². The molecule has 3 heteroatoms. The number of hydrogen-bond acceptors (Lipinski definition) is 3. The minimum Gasteiger partial charge on any atom is -0.375 e. The number of methoxy groups -OCH3 is 2. The molecular weight excluding hydrogens is 264 g/mol. The van der Waals surface area contributed by atoms with E-state index in [1.807, 2.05) is 18.2 Å². The molecule has 0 heterocycles. The van der Waals surface area contributed by atoms with Crippen LogP contribution in [-0.4, -0.2) is 26.6 Å². The average molecular weight is 288 g/mol. The van der Waals surface area contributed by atoms with E-state index in [2.05, 4.69) is 18.1 Å². The minimum atomic E-state index is -0.472. The summed E-state index contributed by atoms with van der Waals surface area (Å²) in [6, 6.07) is 10.2. The van der Waals surface area contributed by atoms with Gasteiger partial charge in [-0.25, -0.2) is 0 Å². The summed E-state index contributed by atoms with van der Waals surface area (Å²) in [7, 11) is 3.39. The zero-order valence-corrected chi connectivity index (χ0v) is 12.9. The van der Waals surface area contributed by atoms with Gasteiger partial charge in [-0.1, -0.05) is 36.3 Å². The molecule has 0 saturated heterocycles. The van der Waals surface area contributed by atoms with Crippen molar-refractivity contribution in [2.45, 2.75) is 38.1 Å². The third-order valence-corrected chi connectivity index (χ3v) is 4.51. The Morgan fingerprint density at radius 2 is 1.67 bits per heavy atom. The van der Waals surface area contributed by atoms with Gasteiger partial charge in [0, 0.05) is 27.1 Å². The highest BCUT2D eigenvalue weighted by Gasteiger charge is 2.42. The van der Waals surface area contributed by atoms with Crippen molar-refractivity contribution in [3.63, 3.8) is 0 Å². The fraction of sp³-hybridized carbons (Fsp3) is 0.556. The first-order valence-electron chi connectivity index (χ1n) is 7.37. The monoisotopic (exact) mass is 288 g/mol. The lowest BCUT2D eigenvalue weighted by Gasteiger charge is -2.42. The maximum Gasteiger partial charge on any atom is 0.167 e. The first kappa shape index (κ1) is 16.0. The van der Waals surface area contributed by atoms with Crippen molar-refractivity contribution >= 4 is 0 Å². The van der Waals surface area contributed by atoms with Gasteiger partial charge in [-0.15, -0.1) is 6.42 Å². The molecule has 1 fully saturated rings. The zero-order valence-electron chi connectivity index (χ0n) is 12.9. The predicted octanol–water partition coefficient (Wildman–Crippen LogP) is 3.39. The Morgan fingerprint density at radius 1 is 1.05 bits per heavy atom. The van der Waals surface area contributed by atoms with Crippen molar-refractivity contribution in [2.24, 2.45) is 5.41 Å². The molecule has 0 unspecified atom stereocenters. The fourth-order valence-electron chi connectivity index (χ4n) is 2.87. The molecule has 1 aromatic carbocycles. The summed E-state index contributed by atoms with van der Waals surface area (Å²) in [5, 5.41) is 0. The normalized spacial score (nSPS) is 19.9. The van der Waals surface area contributed by atoms with Gasteiger partial charge in [0.25, 0.3) is 0 Å². The van der Waals surface area contributed by atoms with Crippen LogP contribution in [0.4, 0.5) is 0 Å². The number of terminal acetylenes is 1. The van der Waals surface area contributed by atoms with Crippen LogP contribution >= 0.6 is 0 Å². The van der Waals surface area contributed by atoms with Crippen molar-refractivity contribution in [1.29, 1.82) is 0 Å². The van der Waals surface area contributed by atoms with Gasteiger partial charge in [0.1, 0.15) is 0 Å². The number of benzene rings is 1.